The highest BCUT2D eigenvalue weighted by atomic mass is 16.6. The van der Waals surface area contributed by atoms with Gasteiger partial charge in [0.2, 0.25) is 0 Å². The van der Waals surface area contributed by atoms with Crippen molar-refractivity contribution >= 4 is 22.9 Å². The Morgan fingerprint density at radius 2 is 1.76 bits per heavy atom. The molecule has 0 radical (unpaired) electrons. The van der Waals surface area contributed by atoms with Crippen LogP contribution in [0, 0.1) is 10.1 Å². The van der Waals surface area contributed by atoms with Crippen molar-refractivity contribution in [2.45, 2.75) is 19.4 Å². The molecule has 2 aliphatic heterocycles. The number of nitro groups is 1. The van der Waals surface area contributed by atoms with Gasteiger partial charge >= 0.3 is 0 Å². The summed E-state index contributed by atoms with van der Waals surface area (Å²) in [6.45, 7) is 4.41. The second kappa shape index (κ2) is 9.22. The van der Waals surface area contributed by atoms with Gasteiger partial charge in [0.15, 0.2) is 0 Å². The number of aromatic nitrogens is 2. The first-order valence-corrected chi connectivity index (χ1v) is 11.5. The molecular formula is C24H26N6O4. The lowest BCUT2D eigenvalue weighted by molar-refractivity contribution is -0.384. The van der Waals surface area contributed by atoms with E-state index in [0.717, 1.165) is 25.9 Å². The quantitative estimate of drug-likeness (QED) is 0.423. The number of benzene rings is 1. The van der Waals surface area contributed by atoms with Crippen molar-refractivity contribution in [1.82, 2.24) is 19.2 Å². The van der Waals surface area contributed by atoms with Gasteiger partial charge < -0.3 is 9.80 Å². The van der Waals surface area contributed by atoms with E-state index in [1.807, 2.05) is 11.0 Å². The predicted molar refractivity (Wildman–Crippen MR) is 127 cm³/mol. The normalized spacial score (nSPS) is 16.8. The summed E-state index contributed by atoms with van der Waals surface area (Å²) >= 11 is 0. The maximum absolute atomic E-state index is 13.1. The van der Waals surface area contributed by atoms with E-state index < -0.39 is 4.92 Å². The van der Waals surface area contributed by atoms with E-state index in [2.05, 4.69) is 9.88 Å². The van der Waals surface area contributed by atoms with Crippen LogP contribution < -0.4 is 10.5 Å². The molecule has 2 saturated heterocycles. The summed E-state index contributed by atoms with van der Waals surface area (Å²) in [5.74, 6) is -0.196. The molecule has 0 spiro atoms. The van der Waals surface area contributed by atoms with Gasteiger partial charge in [-0.15, -0.1) is 0 Å². The van der Waals surface area contributed by atoms with Crippen LogP contribution in [-0.4, -0.2) is 69.3 Å². The molecule has 2 aliphatic rings. The van der Waals surface area contributed by atoms with Gasteiger partial charge in [0.25, 0.3) is 17.2 Å². The number of hydrogen-bond acceptors (Lipinski definition) is 7. The molecule has 5 rings (SSSR count). The third-order valence-corrected chi connectivity index (χ3v) is 6.53. The van der Waals surface area contributed by atoms with Crippen LogP contribution in [0.1, 0.15) is 28.9 Å². The van der Waals surface area contributed by atoms with Crippen molar-refractivity contribution in [3.05, 3.63) is 80.4 Å². The minimum atomic E-state index is -0.401. The number of nitro benzene ring substituents is 1. The van der Waals surface area contributed by atoms with Crippen LogP contribution in [0.15, 0.2) is 53.5 Å². The lowest BCUT2D eigenvalue weighted by Gasteiger charge is -2.34. The summed E-state index contributed by atoms with van der Waals surface area (Å²) in [6.07, 6.45) is 3.73. The van der Waals surface area contributed by atoms with Crippen molar-refractivity contribution in [2.24, 2.45) is 0 Å². The van der Waals surface area contributed by atoms with E-state index >= 15 is 0 Å². The van der Waals surface area contributed by atoms with Crippen LogP contribution in [0.3, 0.4) is 0 Å². The lowest BCUT2D eigenvalue weighted by atomic mass is 10.1. The Bertz CT molecular complexity index is 1290. The lowest BCUT2D eigenvalue weighted by Crippen LogP contribution is -2.48. The Kier molecular flexibility index (Phi) is 5.97. The monoisotopic (exact) mass is 462 g/mol. The van der Waals surface area contributed by atoms with E-state index in [-0.39, 0.29) is 17.2 Å². The number of fused-ring (bicyclic) bond motifs is 1. The highest BCUT2D eigenvalue weighted by molar-refractivity contribution is 5.96. The van der Waals surface area contributed by atoms with E-state index in [1.54, 1.807) is 41.4 Å². The van der Waals surface area contributed by atoms with Crippen molar-refractivity contribution in [2.75, 3.05) is 44.2 Å². The number of carbonyl (C=O) groups is 1. The molecular weight excluding hydrogens is 436 g/mol. The third kappa shape index (κ3) is 4.36. The van der Waals surface area contributed by atoms with Crippen LogP contribution in [0.25, 0.3) is 5.65 Å². The van der Waals surface area contributed by atoms with Crippen molar-refractivity contribution < 1.29 is 9.72 Å². The second-order valence-electron chi connectivity index (χ2n) is 8.74. The number of nitrogens with zero attached hydrogens (tertiary/aromatic N) is 6. The SMILES string of the molecule is O=C(c1ccc(N2CCCC2)c([N+](=O)[O-])c1)N1CCN(Cc2cc(=O)n3ccccc3n2)CC1. The maximum atomic E-state index is 13.1. The first kappa shape index (κ1) is 22.0. The van der Waals surface area contributed by atoms with Gasteiger partial charge in [-0.1, -0.05) is 6.07 Å². The second-order valence-corrected chi connectivity index (χ2v) is 8.74. The fourth-order valence-electron chi connectivity index (χ4n) is 4.73. The summed E-state index contributed by atoms with van der Waals surface area (Å²) in [6, 6.07) is 11.8. The molecule has 0 saturated carbocycles. The molecule has 34 heavy (non-hydrogen) atoms. The molecule has 0 unspecified atom stereocenters. The fourth-order valence-corrected chi connectivity index (χ4v) is 4.73. The molecule has 0 aliphatic carbocycles. The van der Waals surface area contributed by atoms with Crippen LogP contribution in [-0.2, 0) is 6.54 Å². The molecule has 2 aromatic heterocycles. The number of pyridine rings is 1. The van der Waals surface area contributed by atoms with Crippen molar-refractivity contribution in [3.8, 4) is 0 Å². The summed E-state index contributed by atoms with van der Waals surface area (Å²) < 4.78 is 1.51. The first-order chi connectivity index (χ1) is 16.5. The summed E-state index contributed by atoms with van der Waals surface area (Å²) in [5.41, 5.74) is 2.10. The number of rotatable bonds is 5. The molecule has 4 heterocycles. The zero-order valence-corrected chi connectivity index (χ0v) is 18.8. The van der Waals surface area contributed by atoms with Crippen LogP contribution in [0.2, 0.25) is 0 Å². The largest absolute Gasteiger partial charge is 0.366 e. The van der Waals surface area contributed by atoms with Crippen LogP contribution in [0.4, 0.5) is 11.4 Å². The van der Waals surface area contributed by atoms with Crippen molar-refractivity contribution in [1.29, 1.82) is 0 Å². The molecule has 0 N–H and O–H groups in total. The zero-order valence-electron chi connectivity index (χ0n) is 18.8. The number of anilines is 1. The number of piperazine rings is 1. The Labute approximate surface area is 196 Å². The van der Waals surface area contributed by atoms with Crippen LogP contribution >= 0.6 is 0 Å². The highest BCUT2D eigenvalue weighted by Crippen LogP contribution is 2.32. The Morgan fingerprint density at radius 3 is 2.50 bits per heavy atom. The van der Waals surface area contributed by atoms with Gasteiger partial charge in [-0.2, -0.15) is 0 Å². The molecule has 176 valence electrons. The van der Waals surface area contributed by atoms with Gasteiger partial charge in [-0.3, -0.25) is 29.0 Å². The Hall–Kier alpha value is -3.79. The molecule has 1 aromatic carbocycles. The van der Waals surface area contributed by atoms with Gasteiger partial charge in [0, 0.05) is 69.7 Å². The van der Waals surface area contributed by atoms with Crippen molar-refractivity contribution in [3.63, 3.8) is 0 Å². The maximum Gasteiger partial charge on any atom is 0.293 e. The standard InChI is InChI=1S/C24H26N6O4/c31-23-16-19(25-22-5-1-2-10-29(22)23)17-26-11-13-28(14-12-26)24(32)18-6-7-20(21(15-18)30(33)34)27-8-3-4-9-27/h1-2,5-7,10,15-16H,3-4,8-9,11-14,17H2. The zero-order chi connectivity index (χ0) is 23.7. The number of carbonyl (C=O) groups excluding carboxylic acids is 1. The molecule has 2 fully saturated rings. The summed E-state index contributed by atoms with van der Waals surface area (Å²) in [4.78, 5) is 47.1. The third-order valence-electron chi connectivity index (χ3n) is 6.53. The van der Waals surface area contributed by atoms with E-state index in [1.165, 1.54) is 10.5 Å². The highest BCUT2D eigenvalue weighted by Gasteiger charge is 2.27. The van der Waals surface area contributed by atoms with Gasteiger partial charge in [0.05, 0.1) is 10.6 Å². The molecule has 0 bridgehead atoms. The van der Waals surface area contributed by atoms with E-state index in [4.69, 9.17) is 0 Å². The van der Waals surface area contributed by atoms with E-state index in [0.29, 0.717) is 55.3 Å². The minimum absolute atomic E-state index is 0.0138. The van der Waals surface area contributed by atoms with Gasteiger partial charge in [-0.25, -0.2) is 4.98 Å². The van der Waals surface area contributed by atoms with Crippen LogP contribution in [0.5, 0.6) is 0 Å². The number of amides is 1. The average molecular weight is 463 g/mol. The fraction of sp³-hybridized carbons (Fsp3) is 0.375. The molecule has 1 amide bonds. The first-order valence-electron chi connectivity index (χ1n) is 11.5. The van der Waals surface area contributed by atoms with E-state index in [9.17, 15) is 19.7 Å². The predicted octanol–water partition coefficient (Wildman–Crippen LogP) is 2.16. The number of hydrogen-bond donors (Lipinski definition) is 0. The Morgan fingerprint density at radius 1 is 1.00 bits per heavy atom. The summed E-state index contributed by atoms with van der Waals surface area (Å²) in [7, 11) is 0. The minimum Gasteiger partial charge on any atom is -0.366 e. The summed E-state index contributed by atoms with van der Waals surface area (Å²) in [5, 5.41) is 11.7. The van der Waals surface area contributed by atoms with Gasteiger partial charge in [-0.05, 0) is 37.1 Å². The molecule has 3 aromatic rings. The Balaban J connectivity index is 1.25. The molecule has 10 heteroatoms. The molecule has 0 atom stereocenters. The molecule has 10 nitrogen and oxygen atoms in total. The smallest absolute Gasteiger partial charge is 0.293 e. The topological polar surface area (TPSA) is 104 Å². The van der Waals surface area contributed by atoms with Gasteiger partial charge in [0.1, 0.15) is 11.3 Å². The average Bonchev–Trinajstić information content (AvgIpc) is 3.39.